The van der Waals surface area contributed by atoms with E-state index in [2.05, 4.69) is 98.2 Å². The molecule has 1 N–H and O–H groups in total. The van der Waals surface area contributed by atoms with E-state index in [4.69, 9.17) is 4.74 Å². The van der Waals surface area contributed by atoms with Crippen molar-refractivity contribution >= 4 is 18.0 Å². The van der Waals surface area contributed by atoms with E-state index >= 15 is 0 Å². The summed E-state index contributed by atoms with van der Waals surface area (Å²) in [6.45, 7) is 24.7. The average molecular weight is 600 g/mol. The topological polar surface area (TPSA) is 38.3 Å². The molecule has 2 fully saturated rings. The monoisotopic (exact) mass is 599 g/mol. The number of nitrogens with one attached hydrogen (secondary N) is 1. The maximum atomic E-state index is 12.6. The Balaban J connectivity index is 1.60. The van der Waals surface area contributed by atoms with Crippen LogP contribution < -0.4 is 4.72 Å². The number of ether oxygens (including phenoxy) is 1. The number of hydrogen-bond acceptors (Lipinski definition) is 3. The molecule has 2 aliphatic carbocycles. The first-order valence-corrected chi connectivity index (χ1v) is 18.3. The molecule has 0 saturated heterocycles. The molecule has 2 saturated carbocycles. The predicted molar refractivity (Wildman–Crippen MR) is 182 cm³/mol. The minimum atomic E-state index is -0.328. The molecule has 0 heterocycles. The van der Waals surface area contributed by atoms with Gasteiger partial charge < -0.3 is 4.74 Å². The molecule has 240 valence electrons. The molecule has 2 aliphatic rings. The summed E-state index contributed by atoms with van der Waals surface area (Å²) in [4.78, 5) is 13.6. The number of carbonyl (C=O) groups is 1. The van der Waals surface area contributed by atoms with Crippen molar-refractivity contribution < 1.29 is 9.53 Å². The summed E-state index contributed by atoms with van der Waals surface area (Å²) in [6, 6.07) is 8.43. The molecule has 0 radical (unpaired) electrons. The summed E-state index contributed by atoms with van der Waals surface area (Å²) in [7, 11) is 0. The molecular formula is C38H65NO2S. The second-order valence-corrected chi connectivity index (χ2v) is 16.8. The van der Waals surface area contributed by atoms with Gasteiger partial charge in [-0.25, -0.2) is 4.79 Å². The molecule has 0 spiro atoms. The minimum absolute atomic E-state index is 0.124. The molecule has 6 atom stereocenters. The molecule has 3 rings (SSSR count). The van der Waals surface area contributed by atoms with Crippen LogP contribution in [0.1, 0.15) is 152 Å². The van der Waals surface area contributed by atoms with Gasteiger partial charge in [-0.15, -0.1) is 0 Å². The number of amides is 1. The zero-order valence-corrected chi connectivity index (χ0v) is 29.9. The van der Waals surface area contributed by atoms with E-state index in [1.54, 1.807) is 0 Å². The Morgan fingerprint density at radius 1 is 1.05 bits per heavy atom. The van der Waals surface area contributed by atoms with Crippen molar-refractivity contribution in [3.8, 4) is 0 Å². The summed E-state index contributed by atoms with van der Waals surface area (Å²) in [5.74, 6) is 3.02. The molecule has 5 unspecified atom stereocenters. The normalized spacial score (nSPS) is 29.2. The molecular weight excluding hydrogens is 534 g/mol. The lowest BCUT2D eigenvalue weighted by Gasteiger charge is -2.52. The Kier molecular flexibility index (Phi) is 12.4. The number of hydrogen-bond donors (Lipinski definition) is 1. The fourth-order valence-corrected chi connectivity index (χ4v) is 10.3. The smallest absolute Gasteiger partial charge is 0.417 e. The number of rotatable bonds is 13. The van der Waals surface area contributed by atoms with Gasteiger partial charge in [0.2, 0.25) is 0 Å². The zero-order chi connectivity index (χ0) is 31.2. The van der Waals surface area contributed by atoms with Gasteiger partial charge in [-0.3, -0.25) is 4.72 Å². The maximum Gasteiger partial charge on any atom is 0.417 e. The lowest BCUT2D eigenvalue weighted by atomic mass is 9.52. The van der Waals surface area contributed by atoms with E-state index in [9.17, 15) is 4.79 Å². The summed E-state index contributed by atoms with van der Waals surface area (Å²) >= 11 is 1.34. The largest absolute Gasteiger partial charge is 0.449 e. The third kappa shape index (κ3) is 7.91. The van der Waals surface area contributed by atoms with Crippen LogP contribution >= 0.6 is 11.9 Å². The molecule has 42 heavy (non-hydrogen) atoms. The highest BCUT2D eigenvalue weighted by Gasteiger charge is 2.57. The number of carbonyl (C=O) groups excluding carboxylic acids is 1. The van der Waals surface area contributed by atoms with Crippen LogP contribution in [0.15, 0.2) is 29.2 Å². The predicted octanol–water partition coefficient (Wildman–Crippen LogP) is 12.0. The standard InChI is InChI=1S/C38H65NO2S/c1-11-23-37(10)31(22-26-41-34(40)39-42-32-19-17-30(18-20-32)35(5,6)7)21-25-38(37,13-3)28(4)27-29(12-2)33-16-14-15-24-36(33,8)9/h17-20,28-29,31,33H,11-16,21-27H2,1-10H3,(H,39,40)/t28?,29-,31?,33?,37?,38?/m0/s1. The van der Waals surface area contributed by atoms with E-state index in [-0.39, 0.29) is 11.5 Å². The minimum Gasteiger partial charge on any atom is -0.449 e. The van der Waals surface area contributed by atoms with Crippen molar-refractivity contribution in [1.82, 2.24) is 4.72 Å². The first-order valence-electron chi connectivity index (χ1n) is 17.4. The summed E-state index contributed by atoms with van der Waals surface area (Å²) in [5.41, 5.74) is 2.56. The number of benzene rings is 1. The first kappa shape index (κ1) is 35.3. The quantitative estimate of drug-likeness (QED) is 0.229. The molecule has 0 aromatic heterocycles. The molecule has 0 aliphatic heterocycles. The van der Waals surface area contributed by atoms with Crippen LogP contribution in [0, 0.1) is 39.9 Å². The van der Waals surface area contributed by atoms with Crippen molar-refractivity contribution in [3.63, 3.8) is 0 Å². The van der Waals surface area contributed by atoms with Crippen LogP contribution in [0.5, 0.6) is 0 Å². The van der Waals surface area contributed by atoms with Crippen molar-refractivity contribution in [2.75, 3.05) is 6.61 Å². The molecule has 1 aromatic carbocycles. The van der Waals surface area contributed by atoms with Gasteiger partial charge in [0.25, 0.3) is 0 Å². The van der Waals surface area contributed by atoms with E-state index in [1.165, 1.54) is 88.1 Å². The lowest BCUT2D eigenvalue weighted by molar-refractivity contribution is -0.0372. The van der Waals surface area contributed by atoms with Crippen LogP contribution in [-0.2, 0) is 10.2 Å². The van der Waals surface area contributed by atoms with Crippen LogP contribution in [0.3, 0.4) is 0 Å². The van der Waals surface area contributed by atoms with Crippen LogP contribution in [0.4, 0.5) is 4.79 Å². The van der Waals surface area contributed by atoms with Crippen molar-refractivity contribution in [2.45, 2.75) is 157 Å². The SMILES string of the molecule is CCCC1(C)C(CCOC(=O)NSc2ccc(C(C)(C)C)cc2)CCC1(CC)C(C)C[C@H](CC)C1CCCCC1(C)C. The highest BCUT2D eigenvalue weighted by atomic mass is 32.2. The Morgan fingerprint density at radius 3 is 2.31 bits per heavy atom. The van der Waals surface area contributed by atoms with Crippen molar-refractivity contribution in [1.29, 1.82) is 0 Å². The zero-order valence-electron chi connectivity index (χ0n) is 29.0. The summed E-state index contributed by atoms with van der Waals surface area (Å²) < 4.78 is 8.65. The Hall–Kier alpha value is -1.16. The van der Waals surface area contributed by atoms with E-state index < -0.39 is 0 Å². The fourth-order valence-electron chi connectivity index (χ4n) is 9.75. The van der Waals surface area contributed by atoms with Gasteiger partial charge in [-0.1, -0.05) is 107 Å². The van der Waals surface area contributed by atoms with Gasteiger partial charge in [-0.2, -0.15) is 0 Å². The third-order valence-corrected chi connectivity index (χ3v) is 13.1. The van der Waals surface area contributed by atoms with Gasteiger partial charge in [0.15, 0.2) is 0 Å². The second-order valence-electron chi connectivity index (χ2n) is 16.0. The molecule has 4 heteroatoms. The van der Waals surface area contributed by atoms with Crippen LogP contribution in [0.2, 0.25) is 0 Å². The van der Waals surface area contributed by atoms with Gasteiger partial charge in [0.1, 0.15) is 0 Å². The summed E-state index contributed by atoms with van der Waals surface area (Å²) in [6.07, 6.45) is 15.3. The Labute approximate surface area is 264 Å². The Morgan fingerprint density at radius 2 is 1.74 bits per heavy atom. The highest BCUT2D eigenvalue weighted by molar-refractivity contribution is 7.98. The fraction of sp³-hybridized carbons (Fsp3) is 0.816. The van der Waals surface area contributed by atoms with Crippen LogP contribution in [-0.4, -0.2) is 12.7 Å². The third-order valence-electron chi connectivity index (χ3n) is 12.3. The van der Waals surface area contributed by atoms with Gasteiger partial charge >= 0.3 is 6.09 Å². The maximum absolute atomic E-state index is 12.6. The van der Waals surface area contributed by atoms with E-state index in [1.807, 2.05) is 0 Å². The molecule has 1 aromatic rings. The van der Waals surface area contributed by atoms with E-state index in [0.29, 0.717) is 28.8 Å². The van der Waals surface area contributed by atoms with Gasteiger partial charge in [0, 0.05) is 4.90 Å². The molecule has 3 nitrogen and oxygen atoms in total. The van der Waals surface area contributed by atoms with Crippen LogP contribution in [0.25, 0.3) is 0 Å². The molecule has 0 bridgehead atoms. The Bertz CT molecular complexity index is 982. The van der Waals surface area contributed by atoms with E-state index in [0.717, 1.165) is 29.1 Å². The first-order chi connectivity index (χ1) is 19.7. The highest BCUT2D eigenvalue weighted by Crippen LogP contribution is 2.66. The van der Waals surface area contributed by atoms with Gasteiger partial charge in [-0.05, 0) is 126 Å². The van der Waals surface area contributed by atoms with Gasteiger partial charge in [0.05, 0.1) is 6.61 Å². The summed E-state index contributed by atoms with van der Waals surface area (Å²) in [5, 5.41) is 0. The van der Waals surface area contributed by atoms with Crippen molar-refractivity contribution in [2.24, 2.45) is 39.9 Å². The molecule has 1 amide bonds. The average Bonchev–Trinajstić information content (AvgIpc) is 3.22. The van der Waals surface area contributed by atoms with Crippen molar-refractivity contribution in [3.05, 3.63) is 29.8 Å². The lowest BCUT2D eigenvalue weighted by Crippen LogP contribution is -2.45. The second kappa shape index (κ2) is 14.7.